The number of hydrogen-bond donors (Lipinski definition) is 1. The molecule has 1 heterocycles. The van der Waals surface area contributed by atoms with Crippen LogP contribution >= 0.6 is 11.3 Å². The second-order valence-corrected chi connectivity index (χ2v) is 8.80. The third kappa shape index (κ3) is 4.60. The summed E-state index contributed by atoms with van der Waals surface area (Å²) in [5.74, 6) is -1.15. The lowest BCUT2D eigenvalue weighted by Gasteiger charge is -2.13. The third-order valence-electron chi connectivity index (χ3n) is 3.59. The molecule has 11 heteroatoms. The molecule has 0 atom stereocenters. The number of halogens is 3. The topological polar surface area (TPSA) is 85.4 Å². The summed E-state index contributed by atoms with van der Waals surface area (Å²) < 4.78 is 67.5. The zero-order chi connectivity index (χ0) is 20.5. The van der Waals surface area contributed by atoms with E-state index in [-0.39, 0.29) is 10.0 Å². The van der Waals surface area contributed by atoms with E-state index >= 15 is 0 Å². The highest BCUT2D eigenvalue weighted by Crippen LogP contribution is 2.36. The standard InChI is InChI=1S/C17H13F3N2O4S2/c1-28(24,25)10-6-7-12-14(8-10)27-16(21-12)22-15(23)9-26-13-5-3-2-4-11(13)17(18,19)20/h2-8H,9H2,1H3,(H,21,22,23). The molecular weight excluding hydrogens is 417 g/mol. The maximum atomic E-state index is 12.9. The number of para-hydroxylation sites is 1. The average Bonchev–Trinajstić information content (AvgIpc) is 3.00. The van der Waals surface area contributed by atoms with Gasteiger partial charge in [-0.05, 0) is 30.3 Å². The molecule has 2 aromatic carbocycles. The van der Waals surface area contributed by atoms with Crippen LogP contribution in [0.2, 0.25) is 0 Å². The first kappa shape index (κ1) is 20.1. The lowest BCUT2D eigenvalue weighted by atomic mass is 10.2. The van der Waals surface area contributed by atoms with Gasteiger partial charge in [-0.25, -0.2) is 13.4 Å². The van der Waals surface area contributed by atoms with E-state index in [9.17, 15) is 26.4 Å². The van der Waals surface area contributed by atoms with Crippen LogP contribution < -0.4 is 10.1 Å². The summed E-state index contributed by atoms with van der Waals surface area (Å²) in [5.41, 5.74) is -0.493. The van der Waals surface area contributed by atoms with Crippen LogP contribution in [0.5, 0.6) is 5.75 Å². The summed E-state index contributed by atoms with van der Waals surface area (Å²) in [4.78, 5) is 16.3. The smallest absolute Gasteiger partial charge is 0.419 e. The van der Waals surface area contributed by atoms with Gasteiger partial charge in [-0.1, -0.05) is 23.5 Å². The molecule has 3 rings (SSSR count). The van der Waals surface area contributed by atoms with Crippen molar-refractivity contribution in [3.05, 3.63) is 48.0 Å². The molecule has 1 N–H and O–H groups in total. The molecule has 0 bridgehead atoms. The van der Waals surface area contributed by atoms with Crippen LogP contribution in [0.1, 0.15) is 5.56 Å². The molecular formula is C17H13F3N2O4S2. The Morgan fingerprint density at radius 2 is 1.93 bits per heavy atom. The summed E-state index contributed by atoms with van der Waals surface area (Å²) in [5, 5.41) is 2.61. The van der Waals surface area contributed by atoms with Gasteiger partial charge in [-0.15, -0.1) is 0 Å². The maximum absolute atomic E-state index is 12.9. The van der Waals surface area contributed by atoms with Gasteiger partial charge in [0.05, 0.1) is 20.7 Å². The number of thiazole rings is 1. The van der Waals surface area contributed by atoms with Gasteiger partial charge >= 0.3 is 6.18 Å². The Morgan fingerprint density at radius 1 is 1.21 bits per heavy atom. The number of rotatable bonds is 5. The van der Waals surface area contributed by atoms with Crippen LogP contribution in [-0.2, 0) is 20.8 Å². The summed E-state index contributed by atoms with van der Waals surface area (Å²) in [6.07, 6.45) is -3.52. The predicted octanol–water partition coefficient (Wildman–Crippen LogP) is 3.74. The lowest BCUT2D eigenvalue weighted by Crippen LogP contribution is -2.21. The fourth-order valence-corrected chi connectivity index (χ4v) is 3.96. The van der Waals surface area contributed by atoms with Crippen LogP contribution in [0.15, 0.2) is 47.4 Å². The molecule has 6 nitrogen and oxygen atoms in total. The van der Waals surface area contributed by atoms with E-state index in [0.29, 0.717) is 10.2 Å². The Labute approximate surface area is 161 Å². The fraction of sp³-hybridized carbons (Fsp3) is 0.176. The first-order valence-electron chi connectivity index (χ1n) is 7.73. The van der Waals surface area contributed by atoms with E-state index in [1.54, 1.807) is 0 Å². The van der Waals surface area contributed by atoms with Crippen molar-refractivity contribution >= 4 is 42.4 Å². The van der Waals surface area contributed by atoms with Gasteiger partial charge in [0.25, 0.3) is 5.91 Å². The minimum Gasteiger partial charge on any atom is -0.483 e. The first-order valence-corrected chi connectivity index (χ1v) is 10.4. The van der Waals surface area contributed by atoms with E-state index in [0.717, 1.165) is 29.7 Å². The number of alkyl halides is 3. The Bertz CT molecular complexity index is 1140. The zero-order valence-electron chi connectivity index (χ0n) is 14.3. The fourth-order valence-electron chi connectivity index (χ4n) is 2.31. The first-order chi connectivity index (χ1) is 13.0. The lowest BCUT2D eigenvalue weighted by molar-refractivity contribution is -0.139. The van der Waals surface area contributed by atoms with Crippen molar-refractivity contribution in [1.29, 1.82) is 0 Å². The predicted molar refractivity (Wildman–Crippen MR) is 98.3 cm³/mol. The van der Waals surface area contributed by atoms with E-state index in [1.807, 2.05) is 0 Å². The number of nitrogens with one attached hydrogen (secondary N) is 1. The number of nitrogens with zero attached hydrogens (tertiary/aromatic N) is 1. The second-order valence-electron chi connectivity index (χ2n) is 5.75. The molecule has 0 unspecified atom stereocenters. The molecule has 3 aromatic rings. The average molecular weight is 430 g/mol. The summed E-state index contributed by atoms with van der Waals surface area (Å²) in [6.45, 7) is -0.641. The minimum absolute atomic E-state index is 0.119. The molecule has 0 radical (unpaired) electrons. The number of hydrogen-bond acceptors (Lipinski definition) is 6. The van der Waals surface area contributed by atoms with Crippen LogP contribution in [0, 0.1) is 0 Å². The number of amides is 1. The molecule has 0 saturated heterocycles. The van der Waals surface area contributed by atoms with Crippen molar-refractivity contribution < 1.29 is 31.1 Å². The molecule has 0 aliphatic carbocycles. The van der Waals surface area contributed by atoms with E-state index in [2.05, 4.69) is 10.3 Å². The van der Waals surface area contributed by atoms with Crippen molar-refractivity contribution in [2.45, 2.75) is 11.1 Å². The third-order valence-corrected chi connectivity index (χ3v) is 5.63. The molecule has 1 amide bonds. The number of sulfone groups is 1. The van der Waals surface area contributed by atoms with Crippen molar-refractivity contribution in [2.75, 3.05) is 18.2 Å². The highest BCUT2D eigenvalue weighted by Gasteiger charge is 2.34. The molecule has 0 aliphatic heterocycles. The number of anilines is 1. The molecule has 148 valence electrons. The zero-order valence-corrected chi connectivity index (χ0v) is 15.9. The summed E-state index contributed by atoms with van der Waals surface area (Å²) in [7, 11) is -3.38. The largest absolute Gasteiger partial charge is 0.483 e. The van der Waals surface area contributed by atoms with Crippen molar-refractivity contribution in [3.8, 4) is 5.75 Å². The van der Waals surface area contributed by atoms with Gasteiger partial charge in [0.15, 0.2) is 21.6 Å². The Hall–Kier alpha value is -2.66. The molecule has 0 fully saturated rings. The summed E-state index contributed by atoms with van der Waals surface area (Å²) >= 11 is 1.04. The quantitative estimate of drug-likeness (QED) is 0.667. The number of ether oxygens (including phenoxy) is 1. The van der Waals surface area contributed by atoms with Crippen LogP contribution in [-0.4, -0.2) is 32.2 Å². The second kappa shape index (κ2) is 7.40. The molecule has 0 aliphatic rings. The molecule has 0 saturated carbocycles. The number of benzene rings is 2. The van der Waals surface area contributed by atoms with Gasteiger partial charge in [-0.3, -0.25) is 10.1 Å². The van der Waals surface area contributed by atoms with Crippen LogP contribution in [0.3, 0.4) is 0 Å². The van der Waals surface area contributed by atoms with Gasteiger partial charge in [-0.2, -0.15) is 13.2 Å². The van der Waals surface area contributed by atoms with E-state index in [1.165, 1.54) is 30.3 Å². The van der Waals surface area contributed by atoms with Gasteiger partial charge < -0.3 is 4.74 Å². The Morgan fingerprint density at radius 3 is 2.61 bits per heavy atom. The van der Waals surface area contributed by atoms with Crippen LogP contribution in [0.25, 0.3) is 10.2 Å². The van der Waals surface area contributed by atoms with Crippen LogP contribution in [0.4, 0.5) is 18.3 Å². The van der Waals surface area contributed by atoms with E-state index in [4.69, 9.17) is 4.74 Å². The minimum atomic E-state index is -4.60. The monoisotopic (exact) mass is 430 g/mol. The number of fused-ring (bicyclic) bond motifs is 1. The highest BCUT2D eigenvalue weighted by molar-refractivity contribution is 7.90. The van der Waals surface area contributed by atoms with Crippen molar-refractivity contribution in [2.24, 2.45) is 0 Å². The van der Waals surface area contributed by atoms with Gasteiger partial charge in [0.2, 0.25) is 0 Å². The Kier molecular flexibility index (Phi) is 5.31. The number of carbonyl (C=O) groups excluding carboxylic acids is 1. The molecule has 0 spiro atoms. The molecule has 28 heavy (non-hydrogen) atoms. The van der Waals surface area contributed by atoms with Crippen molar-refractivity contribution in [1.82, 2.24) is 4.98 Å². The van der Waals surface area contributed by atoms with E-state index < -0.39 is 39.8 Å². The maximum Gasteiger partial charge on any atom is 0.419 e. The Balaban J connectivity index is 1.71. The molecule has 1 aromatic heterocycles. The SMILES string of the molecule is CS(=O)(=O)c1ccc2nc(NC(=O)COc3ccccc3C(F)(F)F)sc2c1. The van der Waals surface area contributed by atoms with Crippen molar-refractivity contribution in [3.63, 3.8) is 0 Å². The van der Waals surface area contributed by atoms with Gasteiger partial charge in [0.1, 0.15) is 5.75 Å². The van der Waals surface area contributed by atoms with Gasteiger partial charge in [0, 0.05) is 6.26 Å². The number of carbonyl (C=O) groups is 1. The number of aromatic nitrogens is 1. The summed E-state index contributed by atoms with van der Waals surface area (Å²) in [6, 6.07) is 8.93. The highest BCUT2D eigenvalue weighted by atomic mass is 32.2. The normalized spacial score (nSPS) is 12.1.